The zero-order valence-corrected chi connectivity index (χ0v) is 17.0. The minimum absolute atomic E-state index is 0.207. The van der Waals surface area contributed by atoms with Crippen molar-refractivity contribution in [3.63, 3.8) is 0 Å². The highest BCUT2D eigenvalue weighted by atomic mass is 16.4. The highest BCUT2D eigenvalue weighted by Crippen LogP contribution is 2.30. The van der Waals surface area contributed by atoms with Crippen LogP contribution in [0.15, 0.2) is 47.4 Å². The number of hydrogen-bond donors (Lipinski definition) is 4. The summed E-state index contributed by atoms with van der Waals surface area (Å²) in [4.78, 5) is 29.3. The Bertz CT molecular complexity index is 1270. The zero-order chi connectivity index (χ0) is 21.8. The molecule has 156 valence electrons. The Kier molecular flexibility index (Phi) is 6.17. The van der Waals surface area contributed by atoms with Gasteiger partial charge < -0.3 is 26.1 Å². The third-order valence-corrected chi connectivity index (χ3v) is 4.61. The number of nitrogen functional groups attached to an aromatic ring is 1. The number of carbonyl (C=O) groups is 1. The van der Waals surface area contributed by atoms with Crippen LogP contribution in [-0.2, 0) is 11.3 Å². The van der Waals surface area contributed by atoms with Gasteiger partial charge in [0, 0.05) is 41.8 Å². The van der Waals surface area contributed by atoms with Crippen molar-refractivity contribution in [3.05, 3.63) is 58.5 Å². The molecule has 0 fully saturated rings. The number of nitrogens with two attached hydrogens (primary N) is 2. The van der Waals surface area contributed by atoms with Crippen LogP contribution in [0.3, 0.4) is 0 Å². The van der Waals surface area contributed by atoms with Crippen LogP contribution in [0, 0.1) is 6.92 Å². The molecule has 30 heavy (non-hydrogen) atoms. The standard InChI is InChI=1S/C20H21N5O.C2H4O2/c1-12-3-5-16-17(9-12)23-19(20(26)24-16)15-11-25(8-2-7-21)18-6-4-13(22)10-14(15)18;1-2(3)4/h3-6,9-11H,2,7-8,21-22H2,1H3,(H,24,26);1H3,(H,3,4). The van der Waals surface area contributed by atoms with Gasteiger partial charge in [-0.15, -0.1) is 0 Å². The fraction of sp³-hybridized carbons (Fsp3) is 0.227. The first-order chi connectivity index (χ1) is 14.3. The van der Waals surface area contributed by atoms with Crippen LogP contribution in [0.2, 0.25) is 0 Å². The number of H-pyrrole nitrogens is 1. The van der Waals surface area contributed by atoms with Crippen LogP contribution in [0.4, 0.5) is 5.69 Å². The number of carboxylic acids is 1. The van der Waals surface area contributed by atoms with E-state index < -0.39 is 5.97 Å². The summed E-state index contributed by atoms with van der Waals surface area (Å²) >= 11 is 0. The Hall–Kier alpha value is -3.65. The van der Waals surface area contributed by atoms with Crippen LogP contribution in [-0.4, -0.2) is 32.2 Å². The molecule has 2 aromatic carbocycles. The Morgan fingerprint density at radius 1 is 1.23 bits per heavy atom. The number of aromatic nitrogens is 3. The molecule has 0 unspecified atom stereocenters. The lowest BCUT2D eigenvalue weighted by atomic mass is 10.1. The van der Waals surface area contributed by atoms with E-state index in [1.807, 2.05) is 49.5 Å². The fourth-order valence-electron chi connectivity index (χ4n) is 3.33. The molecule has 0 bridgehead atoms. The average molecular weight is 407 g/mol. The van der Waals surface area contributed by atoms with Crippen molar-refractivity contribution >= 4 is 33.6 Å². The number of benzene rings is 2. The van der Waals surface area contributed by atoms with Crippen LogP contribution < -0.4 is 17.0 Å². The molecule has 0 aliphatic heterocycles. The molecular weight excluding hydrogens is 382 g/mol. The zero-order valence-electron chi connectivity index (χ0n) is 17.0. The second kappa shape index (κ2) is 8.79. The fourth-order valence-corrected chi connectivity index (χ4v) is 3.33. The minimum atomic E-state index is -0.833. The Balaban J connectivity index is 0.000000589. The number of nitrogens with zero attached hydrogens (tertiary/aromatic N) is 2. The van der Waals surface area contributed by atoms with E-state index in [-0.39, 0.29) is 5.56 Å². The molecule has 0 aliphatic rings. The summed E-state index contributed by atoms with van der Waals surface area (Å²) in [6.45, 7) is 4.48. The maximum atomic E-state index is 12.7. The molecule has 6 N–H and O–H groups in total. The van der Waals surface area contributed by atoms with Crippen LogP contribution in [0.5, 0.6) is 0 Å². The monoisotopic (exact) mass is 407 g/mol. The SMILES string of the molecule is CC(=O)O.Cc1ccc2[nH]c(=O)c(-c3cn(CCCN)c4ccc(N)cc34)nc2c1. The van der Waals surface area contributed by atoms with Crippen molar-refractivity contribution in [2.45, 2.75) is 26.8 Å². The first-order valence-corrected chi connectivity index (χ1v) is 9.59. The van der Waals surface area contributed by atoms with E-state index in [2.05, 4.69) is 14.5 Å². The molecule has 0 radical (unpaired) electrons. The molecule has 2 aromatic heterocycles. The van der Waals surface area contributed by atoms with E-state index in [9.17, 15) is 4.79 Å². The lowest BCUT2D eigenvalue weighted by Crippen LogP contribution is -2.11. The van der Waals surface area contributed by atoms with E-state index >= 15 is 0 Å². The third kappa shape index (κ3) is 4.49. The third-order valence-electron chi connectivity index (χ3n) is 4.61. The molecule has 8 nitrogen and oxygen atoms in total. The van der Waals surface area contributed by atoms with Crippen LogP contribution in [0.1, 0.15) is 18.9 Å². The predicted molar refractivity (Wildman–Crippen MR) is 119 cm³/mol. The van der Waals surface area contributed by atoms with Crippen molar-refractivity contribution in [1.29, 1.82) is 0 Å². The van der Waals surface area contributed by atoms with Gasteiger partial charge in [-0.25, -0.2) is 4.98 Å². The molecule has 4 aromatic rings. The van der Waals surface area contributed by atoms with E-state index in [0.717, 1.165) is 53.0 Å². The molecule has 0 saturated carbocycles. The summed E-state index contributed by atoms with van der Waals surface area (Å²) in [5, 5.41) is 8.34. The maximum Gasteiger partial charge on any atom is 0.300 e. The Labute approximate surface area is 173 Å². The number of carboxylic acid groups (broad SMARTS) is 1. The second-order valence-corrected chi connectivity index (χ2v) is 7.11. The lowest BCUT2D eigenvalue weighted by molar-refractivity contribution is -0.134. The highest BCUT2D eigenvalue weighted by Gasteiger charge is 2.15. The summed E-state index contributed by atoms with van der Waals surface area (Å²) < 4.78 is 2.11. The van der Waals surface area contributed by atoms with Crippen molar-refractivity contribution in [2.24, 2.45) is 5.73 Å². The number of fused-ring (bicyclic) bond motifs is 2. The number of hydrogen-bond acceptors (Lipinski definition) is 5. The van der Waals surface area contributed by atoms with Gasteiger partial charge in [0.25, 0.3) is 11.5 Å². The summed E-state index contributed by atoms with van der Waals surface area (Å²) in [6.07, 6.45) is 2.83. The smallest absolute Gasteiger partial charge is 0.300 e. The summed E-state index contributed by atoms with van der Waals surface area (Å²) in [7, 11) is 0. The Morgan fingerprint density at radius 2 is 1.97 bits per heavy atom. The minimum Gasteiger partial charge on any atom is -0.481 e. The van der Waals surface area contributed by atoms with Gasteiger partial charge in [-0.1, -0.05) is 6.07 Å². The van der Waals surface area contributed by atoms with E-state index in [4.69, 9.17) is 21.4 Å². The van der Waals surface area contributed by atoms with Crippen molar-refractivity contribution in [3.8, 4) is 11.3 Å². The van der Waals surface area contributed by atoms with Gasteiger partial charge in [-0.3, -0.25) is 9.59 Å². The highest BCUT2D eigenvalue weighted by molar-refractivity contribution is 5.97. The molecule has 0 atom stereocenters. The maximum absolute atomic E-state index is 12.7. The largest absolute Gasteiger partial charge is 0.481 e. The van der Waals surface area contributed by atoms with Gasteiger partial charge in [-0.2, -0.15) is 0 Å². The Morgan fingerprint density at radius 3 is 2.67 bits per heavy atom. The van der Waals surface area contributed by atoms with Crippen LogP contribution >= 0.6 is 0 Å². The van der Waals surface area contributed by atoms with Gasteiger partial charge in [0.2, 0.25) is 0 Å². The van der Waals surface area contributed by atoms with Gasteiger partial charge in [-0.05, 0) is 55.8 Å². The van der Waals surface area contributed by atoms with Gasteiger partial charge in [0.15, 0.2) is 0 Å². The summed E-state index contributed by atoms with van der Waals surface area (Å²) in [6, 6.07) is 11.5. The molecule has 0 amide bonds. The average Bonchev–Trinajstić information content (AvgIpc) is 3.03. The molecule has 8 heteroatoms. The molecule has 0 aliphatic carbocycles. The topological polar surface area (TPSA) is 140 Å². The lowest BCUT2D eigenvalue weighted by Gasteiger charge is -2.03. The second-order valence-electron chi connectivity index (χ2n) is 7.11. The molecule has 0 spiro atoms. The van der Waals surface area contributed by atoms with E-state index in [1.165, 1.54) is 0 Å². The summed E-state index contributed by atoms with van der Waals surface area (Å²) in [5.41, 5.74) is 16.9. The first-order valence-electron chi connectivity index (χ1n) is 9.59. The normalized spacial score (nSPS) is 10.8. The van der Waals surface area contributed by atoms with Crippen LogP contribution in [0.25, 0.3) is 33.2 Å². The van der Waals surface area contributed by atoms with E-state index in [0.29, 0.717) is 17.9 Å². The molecule has 2 heterocycles. The first kappa shape index (κ1) is 21.1. The molecule has 4 rings (SSSR count). The molecule has 0 saturated heterocycles. The number of nitrogens with one attached hydrogen (secondary N) is 1. The predicted octanol–water partition coefficient (Wildman–Crippen LogP) is 2.88. The quantitative estimate of drug-likeness (QED) is 0.384. The number of aliphatic carboxylic acids is 1. The van der Waals surface area contributed by atoms with Crippen molar-refractivity contribution < 1.29 is 9.90 Å². The molecular formula is C22H25N5O3. The number of anilines is 1. The van der Waals surface area contributed by atoms with Crippen molar-refractivity contribution in [2.75, 3.05) is 12.3 Å². The van der Waals surface area contributed by atoms with Crippen molar-refractivity contribution in [1.82, 2.24) is 14.5 Å². The van der Waals surface area contributed by atoms with Gasteiger partial charge in [0.1, 0.15) is 5.69 Å². The number of rotatable bonds is 4. The number of aromatic amines is 1. The van der Waals surface area contributed by atoms with E-state index in [1.54, 1.807) is 0 Å². The summed E-state index contributed by atoms with van der Waals surface area (Å²) in [5.74, 6) is -0.833. The number of aryl methyl sites for hydroxylation is 2. The van der Waals surface area contributed by atoms with Gasteiger partial charge >= 0.3 is 0 Å². The van der Waals surface area contributed by atoms with Gasteiger partial charge in [0.05, 0.1) is 11.0 Å².